The van der Waals surface area contributed by atoms with Gasteiger partial charge in [0.2, 0.25) is 0 Å². The Hall–Kier alpha value is 19.6. The summed E-state index contributed by atoms with van der Waals surface area (Å²) in [4.78, 5) is 0. The molecule has 0 aromatic rings. The Morgan fingerprint density at radius 3 is 0.200 bits per heavy atom. The summed E-state index contributed by atoms with van der Waals surface area (Å²) in [7, 11) is 0. The molecule has 102 valence electrons. The number of hydrogen-bond acceptors (Lipinski definition) is 0. The molecule has 0 aliphatic rings. The molecule has 0 N–H and O–H groups in total. The summed E-state index contributed by atoms with van der Waals surface area (Å²) in [6.45, 7) is 0. The summed E-state index contributed by atoms with van der Waals surface area (Å²) < 4.78 is 0. The molecular formula is I12In3K5-4. The van der Waals surface area contributed by atoms with Gasteiger partial charge in [0.1, 0.15) is 0 Å². The fraction of sp³-hybridized carbons (Fsp3) is 0. The molecule has 20 heavy (non-hydrogen) atoms. The molecule has 0 aromatic carbocycles. The predicted octanol–water partition coefficient (Wildman–Crippen LogP) is -52.1. The van der Waals surface area contributed by atoms with Crippen LogP contribution in [0.2, 0.25) is 0 Å². The van der Waals surface area contributed by atoms with Crippen LogP contribution in [0.1, 0.15) is 0 Å². The largest absolute Gasteiger partial charge is 3.00 e. The van der Waals surface area contributed by atoms with Crippen LogP contribution in [0.4, 0.5) is 0 Å². The average Bonchev–Trinajstić information content (AvgIpc) is 0. The van der Waals surface area contributed by atoms with Crippen molar-refractivity contribution < 1.29 is 545 Å². The van der Waals surface area contributed by atoms with E-state index in [1.807, 2.05) is 0 Å². The summed E-state index contributed by atoms with van der Waals surface area (Å²) in [6, 6.07) is 0. The van der Waals surface area contributed by atoms with Crippen molar-refractivity contribution in [1.82, 2.24) is 0 Å². The molecule has 0 saturated carbocycles. The molecule has 0 atom stereocenters. The fourth-order valence-corrected chi connectivity index (χ4v) is 0. The zero-order valence-corrected chi connectivity index (χ0v) is 62.7. The molecule has 0 rings (SSSR count). The van der Waals surface area contributed by atoms with E-state index in [0.717, 1.165) is 0 Å². The van der Waals surface area contributed by atoms with Gasteiger partial charge in [-0.15, -0.1) is 0 Å². The normalized spacial score (nSPS) is 0. The van der Waals surface area contributed by atoms with E-state index >= 15 is 0 Å². The van der Waals surface area contributed by atoms with Crippen molar-refractivity contribution in [3.05, 3.63) is 0 Å². The van der Waals surface area contributed by atoms with Crippen molar-refractivity contribution in [3.8, 4) is 0 Å². The van der Waals surface area contributed by atoms with Gasteiger partial charge in [-0.1, -0.05) is 0 Å². The Bertz CT molecular complexity index is 27.1. The molecule has 0 aromatic heterocycles. The zero-order chi connectivity index (χ0) is 0. The summed E-state index contributed by atoms with van der Waals surface area (Å²) in [6.07, 6.45) is 0. The van der Waals surface area contributed by atoms with Gasteiger partial charge in [-0.3, -0.25) is 0 Å². The van der Waals surface area contributed by atoms with Crippen LogP contribution in [0.15, 0.2) is 0 Å². The van der Waals surface area contributed by atoms with Crippen LogP contribution >= 0.6 is 0 Å². The minimum absolute atomic E-state index is 0. The Labute approximate surface area is 598 Å². The van der Waals surface area contributed by atoms with Crippen LogP contribution in [-0.2, 0) is 0 Å². The molecule has 0 bridgehead atoms. The third-order valence-corrected chi connectivity index (χ3v) is 0. The summed E-state index contributed by atoms with van der Waals surface area (Å²) >= 11 is 0. The maximum Gasteiger partial charge on any atom is 3.00 e. The van der Waals surface area contributed by atoms with Gasteiger partial charge in [-0.25, -0.2) is 0 Å². The van der Waals surface area contributed by atoms with Crippen molar-refractivity contribution >= 4 is 77.5 Å². The van der Waals surface area contributed by atoms with E-state index in [1.54, 1.807) is 0 Å². The van der Waals surface area contributed by atoms with E-state index in [1.165, 1.54) is 0 Å². The molecule has 0 aliphatic heterocycles. The Kier molecular flexibility index (Phi) is 1090. The molecule has 0 unspecified atom stereocenters. The molecule has 0 saturated heterocycles. The molecule has 0 heterocycles. The zero-order valence-electron chi connectivity index (χ0n) is 11.3. The number of halogens is 12. The van der Waals surface area contributed by atoms with E-state index in [9.17, 15) is 0 Å². The average molecular weight is 2060 g/mol. The number of hydrogen-bond donors (Lipinski definition) is 0. The van der Waals surface area contributed by atoms with Gasteiger partial charge in [0.15, 0.2) is 0 Å². The Balaban J connectivity index is 0. The predicted molar refractivity (Wildman–Crippen MR) is 17.3 cm³/mol. The van der Waals surface area contributed by atoms with E-state index < -0.39 is 0 Å². The van der Waals surface area contributed by atoms with Crippen molar-refractivity contribution in [2.75, 3.05) is 0 Å². The number of rotatable bonds is 0. The molecule has 0 nitrogen and oxygen atoms in total. The minimum atomic E-state index is 0. The molecule has 0 fully saturated rings. The summed E-state index contributed by atoms with van der Waals surface area (Å²) in [5.74, 6) is 0. The first-order valence-corrected chi connectivity index (χ1v) is 0. The van der Waals surface area contributed by atoms with Crippen LogP contribution in [0.5, 0.6) is 0 Å². The molecule has 0 spiro atoms. The van der Waals surface area contributed by atoms with Gasteiger partial charge in [0, 0.05) is 51.7 Å². The van der Waals surface area contributed by atoms with Crippen molar-refractivity contribution in [2.45, 2.75) is 0 Å². The van der Waals surface area contributed by atoms with Gasteiger partial charge in [-0.05, 0) is 0 Å². The topological polar surface area (TPSA) is 0 Å². The quantitative estimate of drug-likeness (QED) is 0.168. The van der Waals surface area contributed by atoms with Gasteiger partial charge >= 0.3 is 283 Å². The molecule has 0 aliphatic carbocycles. The Morgan fingerprint density at radius 2 is 0.200 bits per heavy atom. The van der Waals surface area contributed by atoms with Crippen molar-refractivity contribution in [1.29, 1.82) is 0 Å². The third-order valence-electron chi connectivity index (χ3n) is 0. The first kappa shape index (κ1) is 154. The third kappa shape index (κ3) is 131. The molecule has 20 heteroatoms. The minimum Gasteiger partial charge on any atom is -1.00 e. The van der Waals surface area contributed by atoms with Gasteiger partial charge in [-0.2, -0.15) is 0 Å². The van der Waals surface area contributed by atoms with Gasteiger partial charge in [0.05, 0.1) is 0 Å². The van der Waals surface area contributed by atoms with E-state index in [-0.39, 0.29) is 622 Å². The fourth-order valence-electron chi connectivity index (χ4n) is 0. The standard InChI is InChI=1S/12HI.3In.5K/h12*1H;;;;;;;;/q;;;;;;;;;;;;;;+3;5*+1/p-12. The van der Waals surface area contributed by atoms with Crippen LogP contribution in [0.25, 0.3) is 0 Å². The summed E-state index contributed by atoms with van der Waals surface area (Å²) in [5, 5.41) is 0. The van der Waals surface area contributed by atoms with E-state index in [4.69, 9.17) is 0 Å². The van der Waals surface area contributed by atoms with Crippen LogP contribution in [0.3, 0.4) is 0 Å². The maximum absolute atomic E-state index is 0. The maximum atomic E-state index is 0. The molecular weight excluding hydrogens is 2060 g/mol. The monoisotopic (exact) mass is 2060 g/mol. The Morgan fingerprint density at radius 1 is 0.200 bits per heavy atom. The first-order chi connectivity index (χ1) is 0. The van der Waals surface area contributed by atoms with Gasteiger partial charge in [0.25, 0.3) is 0 Å². The van der Waals surface area contributed by atoms with Crippen LogP contribution in [-0.4, -0.2) is 77.5 Å². The van der Waals surface area contributed by atoms with Gasteiger partial charge < -0.3 is 288 Å². The van der Waals surface area contributed by atoms with Crippen LogP contribution in [0, 0.1) is 0 Å². The molecule has 0 amide bonds. The second kappa shape index (κ2) is 142. The SMILES string of the molecule is [I-].[I-].[I-].[I-].[I-].[I-].[I-].[I-].[I-].[I-].[I-].[I-].[In+3].[In].[In].[K+].[K+].[K+].[K+].[K+]. The summed E-state index contributed by atoms with van der Waals surface area (Å²) in [5.41, 5.74) is 0. The molecule has 6 radical (unpaired) electrons. The van der Waals surface area contributed by atoms with E-state index in [0.29, 0.717) is 0 Å². The van der Waals surface area contributed by atoms with E-state index in [2.05, 4.69) is 0 Å². The van der Waals surface area contributed by atoms with Crippen molar-refractivity contribution in [3.63, 3.8) is 0 Å². The van der Waals surface area contributed by atoms with Crippen molar-refractivity contribution in [2.24, 2.45) is 0 Å². The second-order valence-corrected chi connectivity index (χ2v) is 0. The smallest absolute Gasteiger partial charge is 1.00 e. The first-order valence-electron chi connectivity index (χ1n) is 0. The van der Waals surface area contributed by atoms with Crippen LogP contribution < -0.4 is 545 Å². The second-order valence-electron chi connectivity index (χ2n) is 0.